The Morgan fingerprint density at radius 3 is 2.71 bits per heavy atom. The molecule has 0 spiro atoms. The summed E-state index contributed by atoms with van der Waals surface area (Å²) in [5.74, 6) is 5.83. The zero-order chi connectivity index (χ0) is 12.5. The van der Waals surface area contributed by atoms with Gasteiger partial charge in [0.05, 0.1) is 6.26 Å². The topological polar surface area (TPSA) is 9.23 Å². The second kappa shape index (κ2) is 7.51. The highest BCUT2D eigenvalue weighted by molar-refractivity contribution is 5.26. The third-order valence-corrected chi connectivity index (χ3v) is 2.29. The van der Waals surface area contributed by atoms with Gasteiger partial charge in [-0.1, -0.05) is 43.9 Å². The monoisotopic (exact) mass is 232 g/mol. The van der Waals surface area contributed by atoms with Gasteiger partial charge in [0.25, 0.3) is 0 Å². The van der Waals surface area contributed by atoms with Gasteiger partial charge in [-0.15, -0.1) is 0 Å². The van der Waals surface area contributed by atoms with E-state index in [0.29, 0.717) is 0 Å². The first-order valence-corrected chi connectivity index (χ1v) is 5.78. The molecule has 1 aromatic carbocycles. The van der Waals surface area contributed by atoms with Gasteiger partial charge in [-0.05, 0) is 18.6 Å². The summed E-state index contributed by atoms with van der Waals surface area (Å²) in [6.07, 6.45) is 4.07. The van der Waals surface area contributed by atoms with Gasteiger partial charge >= 0.3 is 0 Å². The van der Waals surface area contributed by atoms with Gasteiger partial charge < -0.3 is 4.74 Å². The third kappa shape index (κ3) is 4.74. The Morgan fingerprint density at radius 2 is 2.12 bits per heavy atom. The molecule has 0 aliphatic heterocycles. The number of ether oxygens (including phenoxy) is 1. The van der Waals surface area contributed by atoms with E-state index in [1.165, 1.54) is 18.4 Å². The van der Waals surface area contributed by atoms with Crippen molar-refractivity contribution in [1.29, 1.82) is 0 Å². The second-order valence-corrected chi connectivity index (χ2v) is 3.66. The van der Waals surface area contributed by atoms with Gasteiger partial charge in [-0.3, -0.25) is 0 Å². The molecule has 0 heterocycles. The predicted molar refractivity (Wildman–Crippen MR) is 67.7 cm³/mol. The molecule has 0 radical (unpaired) electrons. The SMILES string of the molecule is C=CO[C@H](C#CCCCC)c1ccc(F)cc1. The van der Waals surface area contributed by atoms with Crippen LogP contribution in [0.15, 0.2) is 37.1 Å². The first-order valence-electron chi connectivity index (χ1n) is 5.78. The molecular formula is C15H17FO. The summed E-state index contributed by atoms with van der Waals surface area (Å²) in [4.78, 5) is 0. The number of unbranched alkanes of at least 4 members (excludes halogenated alkanes) is 2. The Kier molecular flexibility index (Phi) is 5.88. The molecule has 0 unspecified atom stereocenters. The van der Waals surface area contributed by atoms with Crippen LogP contribution < -0.4 is 0 Å². The van der Waals surface area contributed by atoms with Gasteiger partial charge in [-0.2, -0.15) is 0 Å². The minimum atomic E-state index is -0.357. The fourth-order valence-corrected chi connectivity index (χ4v) is 1.36. The van der Waals surface area contributed by atoms with E-state index in [2.05, 4.69) is 25.3 Å². The lowest BCUT2D eigenvalue weighted by atomic mass is 10.1. The Balaban J connectivity index is 2.73. The molecule has 1 atom stereocenters. The van der Waals surface area contributed by atoms with Crippen molar-refractivity contribution >= 4 is 0 Å². The molecule has 0 aliphatic rings. The fraction of sp³-hybridized carbons (Fsp3) is 0.333. The van der Waals surface area contributed by atoms with Crippen LogP contribution >= 0.6 is 0 Å². The van der Waals surface area contributed by atoms with Gasteiger partial charge in [0.2, 0.25) is 0 Å². The molecule has 0 saturated heterocycles. The molecule has 1 nitrogen and oxygen atoms in total. The number of halogens is 1. The lowest BCUT2D eigenvalue weighted by Crippen LogP contribution is -1.97. The van der Waals surface area contributed by atoms with Crippen LogP contribution in [-0.4, -0.2) is 0 Å². The summed E-state index contributed by atoms with van der Waals surface area (Å²) in [6.45, 7) is 5.65. The highest BCUT2D eigenvalue weighted by Crippen LogP contribution is 2.17. The number of hydrogen-bond acceptors (Lipinski definition) is 1. The molecular weight excluding hydrogens is 215 g/mol. The summed E-state index contributed by atoms with van der Waals surface area (Å²) in [6, 6.07) is 6.17. The molecule has 0 saturated carbocycles. The zero-order valence-electron chi connectivity index (χ0n) is 10.1. The van der Waals surface area contributed by atoms with Crippen molar-refractivity contribution in [3.05, 3.63) is 48.5 Å². The molecule has 0 aromatic heterocycles. The quantitative estimate of drug-likeness (QED) is 0.419. The first kappa shape index (κ1) is 13.3. The highest BCUT2D eigenvalue weighted by atomic mass is 19.1. The van der Waals surface area contributed by atoms with Crippen molar-refractivity contribution in [2.45, 2.75) is 32.3 Å². The molecule has 90 valence electrons. The molecule has 17 heavy (non-hydrogen) atoms. The van der Waals surface area contributed by atoms with Crippen molar-refractivity contribution in [2.75, 3.05) is 0 Å². The van der Waals surface area contributed by atoms with E-state index < -0.39 is 0 Å². The van der Waals surface area contributed by atoms with Crippen molar-refractivity contribution in [3.8, 4) is 11.8 Å². The Hall–Kier alpha value is -1.75. The summed E-state index contributed by atoms with van der Waals surface area (Å²) < 4.78 is 18.1. The molecule has 2 heteroatoms. The molecule has 0 bridgehead atoms. The van der Waals surface area contributed by atoms with Crippen LogP contribution in [-0.2, 0) is 4.74 Å². The molecule has 0 N–H and O–H groups in total. The molecule has 1 aromatic rings. The van der Waals surface area contributed by atoms with E-state index in [0.717, 1.165) is 24.8 Å². The van der Waals surface area contributed by atoms with Gasteiger partial charge in [0.1, 0.15) is 5.82 Å². The highest BCUT2D eigenvalue weighted by Gasteiger charge is 2.07. The average Bonchev–Trinajstić information content (AvgIpc) is 2.34. The van der Waals surface area contributed by atoms with E-state index in [1.54, 1.807) is 12.1 Å². The van der Waals surface area contributed by atoms with Crippen molar-refractivity contribution in [3.63, 3.8) is 0 Å². The van der Waals surface area contributed by atoms with Gasteiger partial charge in [-0.25, -0.2) is 4.39 Å². The Labute approximate surface area is 102 Å². The van der Waals surface area contributed by atoms with Crippen LogP contribution in [0.2, 0.25) is 0 Å². The van der Waals surface area contributed by atoms with Crippen LogP contribution in [0.25, 0.3) is 0 Å². The second-order valence-electron chi connectivity index (χ2n) is 3.66. The maximum absolute atomic E-state index is 12.8. The molecule has 0 aliphatic carbocycles. The van der Waals surface area contributed by atoms with Crippen LogP contribution in [0.1, 0.15) is 37.9 Å². The number of benzene rings is 1. The van der Waals surface area contributed by atoms with Crippen molar-refractivity contribution < 1.29 is 9.13 Å². The zero-order valence-corrected chi connectivity index (χ0v) is 10.1. The first-order chi connectivity index (χ1) is 8.27. The van der Waals surface area contributed by atoms with Crippen LogP contribution in [0.4, 0.5) is 4.39 Å². The molecule has 0 fully saturated rings. The van der Waals surface area contributed by atoms with Crippen molar-refractivity contribution in [1.82, 2.24) is 0 Å². The van der Waals surface area contributed by atoms with Crippen molar-refractivity contribution in [2.24, 2.45) is 0 Å². The van der Waals surface area contributed by atoms with E-state index in [-0.39, 0.29) is 11.9 Å². The van der Waals surface area contributed by atoms with Crippen LogP contribution in [0.3, 0.4) is 0 Å². The maximum Gasteiger partial charge on any atom is 0.183 e. The largest absolute Gasteiger partial charge is 0.481 e. The summed E-state index contributed by atoms with van der Waals surface area (Å²) in [5.41, 5.74) is 0.843. The third-order valence-electron chi connectivity index (χ3n) is 2.29. The van der Waals surface area contributed by atoms with E-state index in [4.69, 9.17) is 4.74 Å². The minimum Gasteiger partial charge on any atom is -0.481 e. The molecule has 1 rings (SSSR count). The number of hydrogen-bond donors (Lipinski definition) is 0. The lowest BCUT2D eigenvalue weighted by molar-refractivity contribution is 0.199. The minimum absolute atomic E-state index is 0.259. The van der Waals surface area contributed by atoms with E-state index in [9.17, 15) is 4.39 Å². The van der Waals surface area contributed by atoms with E-state index >= 15 is 0 Å². The summed E-state index contributed by atoms with van der Waals surface area (Å²) >= 11 is 0. The van der Waals surface area contributed by atoms with E-state index in [1.807, 2.05) is 0 Å². The fourth-order valence-electron chi connectivity index (χ4n) is 1.36. The van der Waals surface area contributed by atoms with Crippen LogP contribution in [0.5, 0.6) is 0 Å². The molecule has 0 amide bonds. The summed E-state index contributed by atoms with van der Waals surface area (Å²) in [7, 11) is 0. The predicted octanol–water partition coefficient (Wildman–Crippen LogP) is 4.22. The van der Waals surface area contributed by atoms with Gasteiger partial charge in [0.15, 0.2) is 6.10 Å². The standard InChI is InChI=1S/C15H17FO/c1-3-5-6-7-8-15(17-4-2)13-9-11-14(16)12-10-13/h4,9-12,15H,2-3,5-6H2,1H3/t15-/m1/s1. The van der Waals surface area contributed by atoms with Gasteiger partial charge in [0, 0.05) is 12.0 Å². The average molecular weight is 232 g/mol. The Morgan fingerprint density at radius 1 is 1.41 bits per heavy atom. The number of rotatable bonds is 5. The maximum atomic E-state index is 12.8. The smallest absolute Gasteiger partial charge is 0.183 e. The van der Waals surface area contributed by atoms with Crippen LogP contribution in [0, 0.1) is 17.7 Å². The Bertz CT molecular complexity index is 397. The normalized spacial score (nSPS) is 11.2. The summed E-state index contributed by atoms with van der Waals surface area (Å²) in [5, 5.41) is 0. The lowest BCUT2D eigenvalue weighted by Gasteiger charge is -2.10.